The number of aromatic nitrogens is 3. The molecule has 0 aliphatic heterocycles. The van der Waals surface area contributed by atoms with Gasteiger partial charge in [0.05, 0.1) is 11.8 Å². The van der Waals surface area contributed by atoms with E-state index in [2.05, 4.69) is 10.4 Å². The van der Waals surface area contributed by atoms with Crippen LogP contribution in [0, 0.1) is 0 Å². The van der Waals surface area contributed by atoms with Crippen LogP contribution in [0.25, 0.3) is 22.6 Å². The summed E-state index contributed by atoms with van der Waals surface area (Å²) in [7, 11) is 1.58. The highest BCUT2D eigenvalue weighted by Crippen LogP contribution is 2.19. The van der Waals surface area contributed by atoms with E-state index in [0.717, 1.165) is 4.68 Å². The highest BCUT2D eigenvalue weighted by molar-refractivity contribution is 5.92. The SMILES string of the molecule is Cn1c(=O)oc2cc(NC(=O)Cn3nc(-c4ccco4)cc(N)c3=O)ccc21. The van der Waals surface area contributed by atoms with Gasteiger partial charge in [0.2, 0.25) is 5.91 Å². The van der Waals surface area contributed by atoms with Gasteiger partial charge in [0.1, 0.15) is 17.9 Å². The molecule has 0 radical (unpaired) electrons. The van der Waals surface area contributed by atoms with Gasteiger partial charge in [-0.05, 0) is 30.3 Å². The molecular formula is C18H15N5O5. The Hall–Kier alpha value is -4.08. The van der Waals surface area contributed by atoms with Crippen molar-refractivity contribution in [3.63, 3.8) is 0 Å². The van der Waals surface area contributed by atoms with Gasteiger partial charge in [-0.2, -0.15) is 5.10 Å². The Bertz CT molecular complexity index is 1300. The summed E-state index contributed by atoms with van der Waals surface area (Å²) < 4.78 is 12.7. The molecular weight excluding hydrogens is 366 g/mol. The topological polar surface area (TPSA) is 138 Å². The second kappa shape index (κ2) is 6.58. The Morgan fingerprint density at radius 2 is 2.07 bits per heavy atom. The van der Waals surface area contributed by atoms with Crippen LogP contribution in [0.1, 0.15) is 0 Å². The maximum atomic E-state index is 12.4. The monoisotopic (exact) mass is 381 g/mol. The first-order chi connectivity index (χ1) is 13.4. The van der Waals surface area contributed by atoms with Gasteiger partial charge in [0.15, 0.2) is 11.3 Å². The molecule has 3 heterocycles. The number of hydrogen-bond donors (Lipinski definition) is 2. The van der Waals surface area contributed by atoms with E-state index in [-0.39, 0.29) is 12.2 Å². The number of furan rings is 1. The zero-order valence-corrected chi connectivity index (χ0v) is 14.7. The van der Waals surface area contributed by atoms with Crippen LogP contribution in [0.5, 0.6) is 0 Å². The van der Waals surface area contributed by atoms with Crippen molar-refractivity contribution in [1.82, 2.24) is 14.3 Å². The molecule has 0 atom stereocenters. The van der Waals surface area contributed by atoms with E-state index in [4.69, 9.17) is 14.6 Å². The minimum atomic E-state index is -0.588. The molecule has 1 amide bonds. The summed E-state index contributed by atoms with van der Waals surface area (Å²) in [5.41, 5.74) is 6.78. The van der Waals surface area contributed by atoms with Crippen LogP contribution in [0.15, 0.2) is 61.1 Å². The van der Waals surface area contributed by atoms with E-state index >= 15 is 0 Å². The van der Waals surface area contributed by atoms with Crippen LogP contribution in [0.4, 0.5) is 11.4 Å². The Balaban J connectivity index is 1.58. The molecule has 0 saturated heterocycles. The molecule has 28 heavy (non-hydrogen) atoms. The second-order valence-corrected chi connectivity index (χ2v) is 6.08. The van der Waals surface area contributed by atoms with Crippen molar-refractivity contribution >= 4 is 28.4 Å². The van der Waals surface area contributed by atoms with Gasteiger partial charge in [-0.3, -0.25) is 14.2 Å². The van der Waals surface area contributed by atoms with E-state index in [1.54, 1.807) is 31.3 Å². The summed E-state index contributed by atoms with van der Waals surface area (Å²) in [6.45, 7) is -0.353. The highest BCUT2D eigenvalue weighted by Gasteiger charge is 2.13. The van der Waals surface area contributed by atoms with E-state index in [9.17, 15) is 14.4 Å². The van der Waals surface area contributed by atoms with E-state index in [1.807, 2.05) is 0 Å². The van der Waals surface area contributed by atoms with Gasteiger partial charge in [-0.25, -0.2) is 9.48 Å². The van der Waals surface area contributed by atoms with Crippen molar-refractivity contribution in [3.05, 3.63) is 63.6 Å². The number of nitrogens with two attached hydrogens (primary N) is 1. The number of nitrogen functional groups attached to an aromatic ring is 1. The third-order valence-electron chi connectivity index (χ3n) is 4.15. The van der Waals surface area contributed by atoms with E-state index in [0.29, 0.717) is 28.2 Å². The lowest BCUT2D eigenvalue weighted by atomic mass is 10.3. The molecule has 0 bridgehead atoms. The van der Waals surface area contributed by atoms with E-state index in [1.165, 1.54) is 23.0 Å². The number of oxazole rings is 1. The largest absolute Gasteiger partial charge is 0.463 e. The van der Waals surface area contributed by atoms with Gasteiger partial charge in [-0.1, -0.05) is 0 Å². The predicted molar refractivity (Wildman–Crippen MR) is 101 cm³/mol. The van der Waals surface area contributed by atoms with E-state index < -0.39 is 17.2 Å². The maximum Gasteiger partial charge on any atom is 0.419 e. The lowest BCUT2D eigenvalue weighted by Gasteiger charge is -2.09. The Morgan fingerprint density at radius 1 is 1.25 bits per heavy atom. The third-order valence-corrected chi connectivity index (χ3v) is 4.15. The number of hydrogen-bond acceptors (Lipinski definition) is 7. The molecule has 0 aliphatic rings. The first-order valence-electron chi connectivity index (χ1n) is 8.23. The summed E-state index contributed by atoms with van der Waals surface area (Å²) in [4.78, 5) is 36.1. The Morgan fingerprint density at radius 3 is 2.82 bits per heavy atom. The lowest BCUT2D eigenvalue weighted by Crippen LogP contribution is -2.31. The number of benzene rings is 1. The molecule has 142 valence electrons. The molecule has 1 aromatic carbocycles. The predicted octanol–water partition coefficient (Wildman–Crippen LogP) is 1.17. The van der Waals surface area contributed by atoms with Gasteiger partial charge in [-0.15, -0.1) is 0 Å². The van der Waals surface area contributed by atoms with Gasteiger partial charge in [0, 0.05) is 18.8 Å². The van der Waals surface area contributed by atoms with Crippen molar-refractivity contribution < 1.29 is 13.6 Å². The van der Waals surface area contributed by atoms with Crippen LogP contribution in [0.2, 0.25) is 0 Å². The summed E-state index contributed by atoms with van der Waals surface area (Å²) in [5.74, 6) is -0.576. The summed E-state index contributed by atoms with van der Waals surface area (Å²) in [6, 6.07) is 9.53. The average molecular weight is 381 g/mol. The molecule has 10 nitrogen and oxygen atoms in total. The van der Waals surface area contributed by atoms with Crippen molar-refractivity contribution in [1.29, 1.82) is 0 Å². The average Bonchev–Trinajstić information content (AvgIpc) is 3.28. The smallest absolute Gasteiger partial charge is 0.419 e. The summed E-state index contributed by atoms with van der Waals surface area (Å²) >= 11 is 0. The molecule has 10 heteroatoms. The number of carbonyl (C=O) groups excluding carboxylic acids is 1. The third kappa shape index (κ3) is 3.07. The molecule has 0 aliphatic carbocycles. The number of carbonyl (C=O) groups is 1. The first-order valence-corrected chi connectivity index (χ1v) is 8.23. The molecule has 0 saturated carbocycles. The molecule has 0 fully saturated rings. The van der Waals surface area contributed by atoms with Crippen LogP contribution in [-0.4, -0.2) is 20.3 Å². The number of amides is 1. The quantitative estimate of drug-likeness (QED) is 0.541. The van der Waals surface area contributed by atoms with Gasteiger partial charge in [0.25, 0.3) is 5.56 Å². The molecule has 4 rings (SSSR count). The number of nitrogens with zero attached hydrogens (tertiary/aromatic N) is 3. The second-order valence-electron chi connectivity index (χ2n) is 6.08. The van der Waals surface area contributed by atoms with Crippen molar-refractivity contribution in [2.24, 2.45) is 7.05 Å². The van der Waals surface area contributed by atoms with Crippen LogP contribution in [-0.2, 0) is 18.4 Å². The molecule has 4 aromatic rings. The summed E-state index contributed by atoms with van der Waals surface area (Å²) in [6.07, 6.45) is 1.47. The fourth-order valence-corrected chi connectivity index (χ4v) is 2.76. The van der Waals surface area contributed by atoms with Crippen molar-refractivity contribution in [3.8, 4) is 11.5 Å². The fraction of sp³-hybridized carbons (Fsp3) is 0.111. The minimum absolute atomic E-state index is 0.0540. The Labute approximate surface area is 156 Å². The van der Waals surface area contributed by atoms with Crippen molar-refractivity contribution in [2.45, 2.75) is 6.54 Å². The van der Waals surface area contributed by atoms with Gasteiger partial charge < -0.3 is 19.9 Å². The number of rotatable bonds is 4. The van der Waals surface area contributed by atoms with Crippen LogP contribution >= 0.6 is 0 Å². The number of nitrogens with one attached hydrogen (secondary N) is 1. The van der Waals surface area contributed by atoms with Crippen LogP contribution < -0.4 is 22.4 Å². The first kappa shape index (κ1) is 17.3. The zero-order chi connectivity index (χ0) is 19.8. The molecule has 3 aromatic heterocycles. The normalized spacial score (nSPS) is 11.0. The Kier molecular flexibility index (Phi) is 4.07. The zero-order valence-electron chi connectivity index (χ0n) is 14.7. The number of anilines is 2. The molecule has 0 unspecified atom stereocenters. The molecule has 0 spiro atoms. The lowest BCUT2D eigenvalue weighted by molar-refractivity contribution is -0.117. The summed E-state index contributed by atoms with van der Waals surface area (Å²) in [5, 5.41) is 6.77. The van der Waals surface area contributed by atoms with Gasteiger partial charge >= 0.3 is 5.76 Å². The standard InChI is InChI=1S/C18H15N5O5/c1-22-13-5-4-10(7-15(13)28-18(22)26)20-16(24)9-23-17(25)11(19)8-12(21-23)14-3-2-6-27-14/h2-8H,9,19H2,1H3,(H,20,24). The minimum Gasteiger partial charge on any atom is -0.463 e. The number of fused-ring (bicyclic) bond motifs is 1. The molecule has 3 N–H and O–H groups in total. The number of aryl methyl sites for hydroxylation is 1. The maximum absolute atomic E-state index is 12.4. The fourth-order valence-electron chi connectivity index (χ4n) is 2.76. The van der Waals surface area contributed by atoms with Crippen molar-refractivity contribution in [2.75, 3.05) is 11.1 Å². The highest BCUT2D eigenvalue weighted by atomic mass is 16.4. The van der Waals surface area contributed by atoms with Crippen LogP contribution in [0.3, 0.4) is 0 Å².